The molecule has 2 aromatic rings. The van der Waals surface area contributed by atoms with Crippen molar-refractivity contribution in [1.82, 2.24) is 0 Å². The molecule has 0 aliphatic rings. The number of amides is 2. The maximum Gasteiger partial charge on any atom is 0.243 e. The molecule has 0 atom stereocenters. The molecule has 27 heavy (non-hydrogen) atoms. The van der Waals surface area contributed by atoms with E-state index in [2.05, 4.69) is 16.0 Å². The number of carbonyl (C=O) groups is 2. The molecule has 6 heteroatoms. The molecule has 0 fully saturated rings. The largest absolute Gasteiger partial charge is 0.494 e. The number of anilines is 3. The van der Waals surface area contributed by atoms with E-state index in [9.17, 15) is 9.59 Å². The fourth-order valence-electron chi connectivity index (χ4n) is 2.44. The quantitative estimate of drug-likeness (QED) is 0.621. The zero-order valence-electron chi connectivity index (χ0n) is 16.0. The van der Waals surface area contributed by atoms with Crippen LogP contribution in [0, 0.1) is 5.92 Å². The summed E-state index contributed by atoms with van der Waals surface area (Å²) in [5.74, 6) is 0.946. The highest BCUT2D eigenvalue weighted by atomic mass is 16.5. The number of nitrogens with one attached hydrogen (secondary N) is 3. The molecule has 0 saturated carbocycles. The Morgan fingerprint density at radius 3 is 1.89 bits per heavy atom. The molecule has 0 unspecified atom stereocenters. The maximum atomic E-state index is 12.1. The van der Waals surface area contributed by atoms with Gasteiger partial charge < -0.3 is 20.7 Å². The Labute approximate surface area is 160 Å². The average Bonchev–Trinajstić information content (AvgIpc) is 2.62. The second kappa shape index (κ2) is 10.2. The molecule has 0 heterocycles. The van der Waals surface area contributed by atoms with Crippen LogP contribution in [0.25, 0.3) is 0 Å². The van der Waals surface area contributed by atoms with Crippen molar-refractivity contribution in [2.24, 2.45) is 5.92 Å². The molecule has 2 aromatic carbocycles. The van der Waals surface area contributed by atoms with Gasteiger partial charge in [0.25, 0.3) is 0 Å². The van der Waals surface area contributed by atoms with E-state index in [1.54, 1.807) is 24.3 Å². The van der Waals surface area contributed by atoms with E-state index in [-0.39, 0.29) is 18.4 Å². The second-order valence-electron chi connectivity index (χ2n) is 6.58. The van der Waals surface area contributed by atoms with Gasteiger partial charge in [-0.3, -0.25) is 9.59 Å². The summed E-state index contributed by atoms with van der Waals surface area (Å²) >= 11 is 0. The summed E-state index contributed by atoms with van der Waals surface area (Å²) in [7, 11) is 0. The molecule has 0 spiro atoms. The van der Waals surface area contributed by atoms with Crippen molar-refractivity contribution < 1.29 is 14.3 Å². The summed E-state index contributed by atoms with van der Waals surface area (Å²) in [5.41, 5.74) is 2.23. The highest BCUT2D eigenvalue weighted by Crippen LogP contribution is 2.16. The molecular weight excluding hydrogens is 342 g/mol. The minimum atomic E-state index is -0.152. The Kier molecular flexibility index (Phi) is 7.67. The number of ether oxygens (including phenoxy) is 1. The Morgan fingerprint density at radius 1 is 0.852 bits per heavy atom. The number of benzene rings is 2. The predicted molar refractivity (Wildman–Crippen MR) is 109 cm³/mol. The van der Waals surface area contributed by atoms with E-state index >= 15 is 0 Å². The van der Waals surface area contributed by atoms with Crippen LogP contribution in [-0.2, 0) is 9.59 Å². The van der Waals surface area contributed by atoms with E-state index in [1.165, 1.54) is 0 Å². The van der Waals surface area contributed by atoms with Crippen molar-refractivity contribution in [3.05, 3.63) is 48.5 Å². The third kappa shape index (κ3) is 7.40. The summed E-state index contributed by atoms with van der Waals surface area (Å²) in [6.07, 6.45) is 0.482. The molecule has 0 aliphatic carbocycles. The van der Waals surface area contributed by atoms with Crippen LogP contribution in [0.1, 0.15) is 27.2 Å². The van der Waals surface area contributed by atoms with Crippen molar-refractivity contribution in [1.29, 1.82) is 0 Å². The van der Waals surface area contributed by atoms with E-state index in [1.807, 2.05) is 45.0 Å². The Hall–Kier alpha value is -3.02. The SMILES string of the molecule is CCOc1ccc(NCC(=O)Nc2ccc(NC(=O)CC(C)C)cc2)cc1. The van der Waals surface area contributed by atoms with Gasteiger partial charge in [-0.2, -0.15) is 0 Å². The van der Waals surface area contributed by atoms with Gasteiger partial charge in [-0.15, -0.1) is 0 Å². The topological polar surface area (TPSA) is 79.5 Å². The van der Waals surface area contributed by atoms with Crippen molar-refractivity contribution in [3.63, 3.8) is 0 Å². The summed E-state index contributed by atoms with van der Waals surface area (Å²) < 4.78 is 5.38. The molecule has 144 valence electrons. The van der Waals surface area contributed by atoms with Gasteiger partial charge in [0.1, 0.15) is 5.75 Å². The van der Waals surface area contributed by atoms with Crippen molar-refractivity contribution in [3.8, 4) is 5.75 Å². The van der Waals surface area contributed by atoms with Crippen molar-refractivity contribution in [2.75, 3.05) is 29.1 Å². The van der Waals surface area contributed by atoms with Crippen molar-refractivity contribution >= 4 is 28.9 Å². The van der Waals surface area contributed by atoms with Crippen LogP contribution in [0.2, 0.25) is 0 Å². The first-order chi connectivity index (χ1) is 13.0. The van der Waals surface area contributed by atoms with Crippen LogP contribution < -0.4 is 20.7 Å². The molecule has 2 amide bonds. The Balaban J connectivity index is 1.79. The molecule has 0 aromatic heterocycles. The van der Waals surface area contributed by atoms with Crippen LogP contribution in [0.3, 0.4) is 0 Å². The third-order valence-electron chi connectivity index (χ3n) is 3.66. The molecule has 0 bridgehead atoms. The van der Waals surface area contributed by atoms with Crippen LogP contribution >= 0.6 is 0 Å². The molecule has 2 rings (SSSR count). The van der Waals surface area contributed by atoms with Crippen molar-refractivity contribution in [2.45, 2.75) is 27.2 Å². The normalized spacial score (nSPS) is 10.4. The molecule has 3 N–H and O–H groups in total. The first-order valence-electron chi connectivity index (χ1n) is 9.12. The monoisotopic (exact) mass is 369 g/mol. The number of hydrogen-bond donors (Lipinski definition) is 3. The van der Waals surface area contributed by atoms with Gasteiger partial charge >= 0.3 is 0 Å². The maximum absolute atomic E-state index is 12.1. The summed E-state index contributed by atoms with van der Waals surface area (Å²) in [5, 5.41) is 8.72. The van der Waals surface area contributed by atoms with Gasteiger partial charge in [-0.1, -0.05) is 13.8 Å². The lowest BCUT2D eigenvalue weighted by molar-refractivity contribution is -0.117. The van der Waals surface area contributed by atoms with Gasteiger partial charge in [0.2, 0.25) is 11.8 Å². The zero-order valence-corrected chi connectivity index (χ0v) is 16.0. The highest BCUT2D eigenvalue weighted by Gasteiger charge is 2.06. The molecular formula is C21H27N3O3. The minimum absolute atomic E-state index is 0.0126. The van der Waals surface area contributed by atoms with E-state index in [4.69, 9.17) is 4.74 Å². The number of carbonyl (C=O) groups excluding carboxylic acids is 2. The molecule has 0 saturated heterocycles. The van der Waals surface area contributed by atoms with E-state index in [0.717, 1.165) is 11.4 Å². The standard InChI is InChI=1S/C21H27N3O3/c1-4-27-19-11-9-16(10-12-19)22-14-21(26)24-18-7-5-17(6-8-18)23-20(25)13-15(2)3/h5-12,15,22H,4,13-14H2,1-3H3,(H,23,25)(H,24,26). The molecule has 0 aliphatic heterocycles. The Morgan fingerprint density at radius 2 is 1.37 bits per heavy atom. The smallest absolute Gasteiger partial charge is 0.243 e. The highest BCUT2D eigenvalue weighted by molar-refractivity contribution is 5.94. The third-order valence-corrected chi connectivity index (χ3v) is 3.66. The average molecular weight is 369 g/mol. The predicted octanol–water partition coefficient (Wildman–Crippen LogP) is 4.12. The van der Waals surface area contributed by atoms with Crippen LogP contribution in [0.15, 0.2) is 48.5 Å². The number of rotatable bonds is 9. The first-order valence-corrected chi connectivity index (χ1v) is 9.12. The number of hydrogen-bond acceptors (Lipinski definition) is 4. The summed E-state index contributed by atoms with van der Waals surface area (Å²) in [6.45, 7) is 6.71. The van der Waals surface area contributed by atoms with Gasteiger partial charge in [0.05, 0.1) is 13.2 Å². The van der Waals surface area contributed by atoms with Crippen LogP contribution in [0.4, 0.5) is 17.1 Å². The lowest BCUT2D eigenvalue weighted by Crippen LogP contribution is -2.21. The van der Waals surface area contributed by atoms with Crippen LogP contribution in [-0.4, -0.2) is 25.0 Å². The fourth-order valence-corrected chi connectivity index (χ4v) is 2.44. The summed E-state index contributed by atoms with van der Waals surface area (Å²) in [6, 6.07) is 14.5. The van der Waals surface area contributed by atoms with Gasteiger partial charge in [0, 0.05) is 23.5 Å². The van der Waals surface area contributed by atoms with Crippen LogP contribution in [0.5, 0.6) is 5.75 Å². The Bertz CT molecular complexity index is 740. The van der Waals surface area contributed by atoms with Gasteiger partial charge in [-0.25, -0.2) is 0 Å². The lowest BCUT2D eigenvalue weighted by Gasteiger charge is -2.10. The van der Waals surface area contributed by atoms with Gasteiger partial charge in [-0.05, 0) is 61.4 Å². The van der Waals surface area contributed by atoms with E-state index < -0.39 is 0 Å². The first kappa shape index (κ1) is 20.3. The lowest BCUT2D eigenvalue weighted by atomic mass is 10.1. The molecule has 0 radical (unpaired) electrons. The fraction of sp³-hybridized carbons (Fsp3) is 0.333. The zero-order chi connectivity index (χ0) is 19.6. The second-order valence-corrected chi connectivity index (χ2v) is 6.58. The van der Waals surface area contributed by atoms with Gasteiger partial charge in [0.15, 0.2) is 0 Å². The minimum Gasteiger partial charge on any atom is -0.494 e. The van der Waals surface area contributed by atoms with E-state index in [0.29, 0.717) is 30.3 Å². The molecule has 6 nitrogen and oxygen atoms in total. The summed E-state index contributed by atoms with van der Waals surface area (Å²) in [4.78, 5) is 23.8.